The molecule has 1 saturated heterocycles. The molecular formula is C18H18N2O4S. The third-order valence-corrected chi connectivity index (χ3v) is 5.43. The molecule has 1 aliphatic rings. The van der Waals surface area contributed by atoms with Crippen molar-refractivity contribution in [2.45, 2.75) is 4.87 Å². The molecule has 0 unspecified atom stereocenters. The topological polar surface area (TPSA) is 59.1 Å². The summed E-state index contributed by atoms with van der Waals surface area (Å²) in [4.78, 5) is 24.0. The van der Waals surface area contributed by atoms with Crippen LogP contribution >= 0.6 is 11.8 Å². The van der Waals surface area contributed by atoms with Crippen molar-refractivity contribution < 1.29 is 19.1 Å². The number of carbonyl (C=O) groups excluding carboxylic acids is 2. The lowest BCUT2D eigenvalue weighted by Gasteiger charge is -2.39. The molecule has 2 aromatic carbocycles. The zero-order valence-electron chi connectivity index (χ0n) is 13.9. The summed E-state index contributed by atoms with van der Waals surface area (Å²) in [6.07, 6.45) is -1.25. The number of benzene rings is 2. The van der Waals surface area contributed by atoms with Gasteiger partial charge in [0.2, 0.25) is 0 Å². The van der Waals surface area contributed by atoms with E-state index in [0.717, 1.165) is 11.1 Å². The summed E-state index contributed by atoms with van der Waals surface area (Å²) in [5.41, 5.74) is 1.73. The van der Waals surface area contributed by atoms with Gasteiger partial charge in [0.05, 0.1) is 20.1 Å². The lowest BCUT2D eigenvalue weighted by atomic mass is 9.97. The number of nitrogens with zero attached hydrogens (tertiary/aromatic N) is 2. The molecule has 7 heteroatoms. The minimum absolute atomic E-state index is 0.256. The molecule has 2 aromatic rings. The standard InChI is InChI=1S/C18H18N2O4S/c1-23-16(21)19-13-25-18(20(19)17(22)24-2,14-9-5-3-6-10-14)15-11-7-4-8-12-15/h3-12H,13H2,1-2H3. The van der Waals surface area contributed by atoms with Crippen molar-refractivity contribution in [2.24, 2.45) is 0 Å². The van der Waals surface area contributed by atoms with Gasteiger partial charge in [0.15, 0.2) is 4.87 Å². The summed E-state index contributed by atoms with van der Waals surface area (Å²) in [6.45, 7) is 0. The molecule has 0 atom stereocenters. The summed E-state index contributed by atoms with van der Waals surface area (Å²) in [6, 6.07) is 19.1. The third-order valence-electron chi connectivity index (χ3n) is 4.00. The minimum atomic E-state index is -0.927. The van der Waals surface area contributed by atoms with E-state index in [1.165, 1.54) is 36.0 Å². The Bertz CT molecular complexity index is 715. The first-order valence-electron chi connectivity index (χ1n) is 7.63. The molecule has 0 bridgehead atoms. The molecule has 0 aromatic heterocycles. The normalized spacial score (nSPS) is 15.8. The molecule has 0 saturated carbocycles. The van der Waals surface area contributed by atoms with Crippen LogP contribution in [0, 0.1) is 0 Å². The van der Waals surface area contributed by atoms with Crippen LogP contribution in [0.4, 0.5) is 9.59 Å². The highest BCUT2D eigenvalue weighted by molar-refractivity contribution is 8.00. The summed E-state index contributed by atoms with van der Waals surface area (Å²) in [5, 5.41) is 2.59. The van der Waals surface area contributed by atoms with Gasteiger partial charge in [-0.3, -0.25) is 0 Å². The summed E-state index contributed by atoms with van der Waals surface area (Å²) < 4.78 is 9.83. The van der Waals surface area contributed by atoms with Gasteiger partial charge in [0, 0.05) is 0 Å². The molecule has 2 amide bonds. The highest BCUT2D eigenvalue weighted by Crippen LogP contribution is 2.51. The van der Waals surface area contributed by atoms with E-state index in [-0.39, 0.29) is 5.88 Å². The van der Waals surface area contributed by atoms with E-state index >= 15 is 0 Å². The summed E-state index contributed by atoms with van der Waals surface area (Å²) in [7, 11) is 2.58. The number of rotatable bonds is 2. The maximum Gasteiger partial charge on any atom is 0.430 e. The van der Waals surface area contributed by atoms with E-state index in [9.17, 15) is 9.59 Å². The van der Waals surface area contributed by atoms with Gasteiger partial charge in [0.1, 0.15) is 0 Å². The van der Waals surface area contributed by atoms with E-state index in [1.54, 1.807) is 0 Å². The Labute approximate surface area is 150 Å². The Balaban J connectivity index is 2.23. The van der Waals surface area contributed by atoms with Gasteiger partial charge < -0.3 is 9.47 Å². The largest absolute Gasteiger partial charge is 0.451 e. The Kier molecular flexibility index (Phi) is 4.85. The van der Waals surface area contributed by atoms with Crippen molar-refractivity contribution in [3.05, 3.63) is 71.8 Å². The molecular weight excluding hydrogens is 340 g/mol. The molecule has 0 N–H and O–H groups in total. The highest BCUT2D eigenvalue weighted by Gasteiger charge is 2.54. The van der Waals surface area contributed by atoms with E-state index in [2.05, 4.69) is 0 Å². The van der Waals surface area contributed by atoms with Gasteiger partial charge in [-0.15, -0.1) is 0 Å². The van der Waals surface area contributed by atoms with Crippen LogP contribution < -0.4 is 0 Å². The second-order valence-electron chi connectivity index (χ2n) is 5.30. The number of hydrazine groups is 1. The zero-order chi connectivity index (χ0) is 17.9. The second kappa shape index (κ2) is 7.06. The zero-order valence-corrected chi connectivity index (χ0v) is 14.7. The van der Waals surface area contributed by atoms with Crippen LogP contribution in [0.15, 0.2) is 60.7 Å². The predicted molar refractivity (Wildman–Crippen MR) is 94.6 cm³/mol. The average molecular weight is 358 g/mol. The molecule has 0 aliphatic carbocycles. The lowest BCUT2D eigenvalue weighted by molar-refractivity contribution is -0.0144. The van der Waals surface area contributed by atoms with Gasteiger partial charge in [-0.05, 0) is 11.1 Å². The summed E-state index contributed by atoms with van der Waals surface area (Å²) in [5.74, 6) is 0.256. The molecule has 6 nitrogen and oxygen atoms in total. The van der Waals surface area contributed by atoms with E-state index in [4.69, 9.17) is 9.47 Å². The molecule has 1 heterocycles. The first-order chi connectivity index (χ1) is 12.1. The molecule has 3 rings (SSSR count). The number of methoxy groups -OCH3 is 2. The molecule has 1 fully saturated rings. The highest BCUT2D eigenvalue weighted by atomic mass is 32.2. The second-order valence-corrected chi connectivity index (χ2v) is 6.44. The third kappa shape index (κ3) is 2.80. The molecule has 0 radical (unpaired) electrons. The van der Waals surface area contributed by atoms with Gasteiger partial charge in [-0.2, -0.15) is 5.01 Å². The number of hydrogen-bond acceptors (Lipinski definition) is 5. The fraction of sp³-hybridized carbons (Fsp3) is 0.222. The van der Waals surface area contributed by atoms with Crippen molar-refractivity contribution in [3.8, 4) is 0 Å². The average Bonchev–Trinajstić information content (AvgIpc) is 3.09. The van der Waals surface area contributed by atoms with Crippen molar-refractivity contribution in [1.82, 2.24) is 10.0 Å². The van der Waals surface area contributed by atoms with Crippen molar-refractivity contribution in [2.75, 3.05) is 20.1 Å². The van der Waals surface area contributed by atoms with E-state index in [0.29, 0.717) is 0 Å². The number of ether oxygens (including phenoxy) is 2. The molecule has 130 valence electrons. The van der Waals surface area contributed by atoms with Crippen LogP contribution in [0.3, 0.4) is 0 Å². The SMILES string of the molecule is COC(=O)N1CSC(c2ccccc2)(c2ccccc2)N1C(=O)OC. The Morgan fingerprint density at radius 3 is 1.80 bits per heavy atom. The van der Waals surface area contributed by atoms with Crippen molar-refractivity contribution in [3.63, 3.8) is 0 Å². The van der Waals surface area contributed by atoms with E-state index < -0.39 is 17.1 Å². The van der Waals surface area contributed by atoms with Crippen LogP contribution in [0.1, 0.15) is 11.1 Å². The smallest absolute Gasteiger partial charge is 0.430 e. The number of carbonyl (C=O) groups is 2. The first-order valence-corrected chi connectivity index (χ1v) is 8.62. The quantitative estimate of drug-likeness (QED) is 0.820. The maximum atomic E-state index is 12.6. The number of thioether (sulfide) groups is 1. The Morgan fingerprint density at radius 2 is 1.36 bits per heavy atom. The maximum absolute atomic E-state index is 12.6. The number of hydrogen-bond donors (Lipinski definition) is 0. The Morgan fingerprint density at radius 1 is 0.880 bits per heavy atom. The van der Waals surface area contributed by atoms with Gasteiger partial charge >= 0.3 is 12.2 Å². The first kappa shape index (κ1) is 17.2. The molecule has 1 aliphatic heterocycles. The van der Waals surface area contributed by atoms with Gasteiger partial charge in [-0.25, -0.2) is 14.6 Å². The van der Waals surface area contributed by atoms with Gasteiger partial charge in [-0.1, -0.05) is 72.4 Å². The van der Waals surface area contributed by atoms with Crippen LogP contribution in [0.25, 0.3) is 0 Å². The fourth-order valence-electron chi connectivity index (χ4n) is 2.90. The van der Waals surface area contributed by atoms with Crippen LogP contribution in [-0.4, -0.2) is 42.3 Å². The summed E-state index contributed by atoms with van der Waals surface area (Å²) >= 11 is 1.45. The monoisotopic (exact) mass is 358 g/mol. The van der Waals surface area contributed by atoms with Gasteiger partial charge in [0.25, 0.3) is 0 Å². The number of amides is 2. The van der Waals surface area contributed by atoms with E-state index in [1.807, 2.05) is 60.7 Å². The van der Waals surface area contributed by atoms with Crippen LogP contribution in [0.5, 0.6) is 0 Å². The minimum Gasteiger partial charge on any atom is -0.451 e. The van der Waals surface area contributed by atoms with Crippen LogP contribution in [-0.2, 0) is 14.3 Å². The lowest BCUT2D eigenvalue weighted by Crippen LogP contribution is -2.53. The molecule has 0 spiro atoms. The van der Waals surface area contributed by atoms with Crippen LogP contribution in [0.2, 0.25) is 0 Å². The predicted octanol–water partition coefficient (Wildman–Crippen LogP) is 3.64. The Hall–Kier alpha value is -2.67. The fourth-order valence-corrected chi connectivity index (χ4v) is 4.33. The van der Waals surface area contributed by atoms with Crippen molar-refractivity contribution >= 4 is 23.9 Å². The molecule has 25 heavy (non-hydrogen) atoms. The van der Waals surface area contributed by atoms with Crippen molar-refractivity contribution in [1.29, 1.82) is 0 Å².